The summed E-state index contributed by atoms with van der Waals surface area (Å²) >= 11 is 1.22. The molecule has 0 bridgehead atoms. The van der Waals surface area contributed by atoms with Gasteiger partial charge in [-0.1, -0.05) is 31.5 Å². The van der Waals surface area contributed by atoms with Crippen molar-refractivity contribution in [1.29, 1.82) is 0 Å². The molecule has 2 rings (SSSR count). The lowest BCUT2D eigenvalue weighted by molar-refractivity contribution is 0.0724. The molecule has 0 saturated carbocycles. The largest absolute Gasteiger partial charge is 0.395 e. The molecule has 3 amide bonds. The van der Waals surface area contributed by atoms with Crippen LogP contribution in [0.1, 0.15) is 29.4 Å². The van der Waals surface area contributed by atoms with Crippen molar-refractivity contribution in [3.8, 4) is 0 Å². The molecule has 0 aliphatic heterocycles. The summed E-state index contributed by atoms with van der Waals surface area (Å²) in [7, 11) is 0. The van der Waals surface area contributed by atoms with E-state index in [0.717, 1.165) is 12.8 Å². The Morgan fingerprint density at radius 1 is 1.08 bits per heavy atom. The molecular weight excluding hydrogens is 338 g/mol. The number of para-hydroxylation sites is 1. The molecule has 0 atom stereocenters. The van der Waals surface area contributed by atoms with Crippen molar-refractivity contribution in [3.05, 3.63) is 47.3 Å². The van der Waals surface area contributed by atoms with Crippen LogP contribution in [0.25, 0.3) is 0 Å². The molecule has 7 heteroatoms. The molecule has 1 aromatic carbocycles. The molecule has 134 valence electrons. The first-order valence-electron chi connectivity index (χ1n) is 8.27. The first-order chi connectivity index (χ1) is 12.1. The van der Waals surface area contributed by atoms with Crippen molar-refractivity contribution in [2.45, 2.75) is 19.8 Å². The maximum Gasteiger partial charge on any atom is 0.324 e. The molecule has 0 spiro atoms. The maximum atomic E-state index is 12.5. The zero-order chi connectivity index (χ0) is 18.1. The van der Waals surface area contributed by atoms with E-state index >= 15 is 0 Å². The Morgan fingerprint density at radius 3 is 2.52 bits per heavy atom. The standard InChI is InChI=1S/C18H23N3O3S/c1-2-3-11-21(12-13-22)17(23)15-9-10-16(25-15)20-18(24)19-14-7-5-4-6-8-14/h4-10,22H,2-3,11-13H2,1H3,(H2,19,20,24). The molecule has 0 radical (unpaired) electrons. The Labute approximate surface area is 151 Å². The van der Waals surface area contributed by atoms with Crippen molar-refractivity contribution in [2.75, 3.05) is 30.3 Å². The maximum absolute atomic E-state index is 12.5. The number of unbranched alkanes of at least 4 members (excludes halogenated alkanes) is 1. The van der Waals surface area contributed by atoms with Crippen LogP contribution < -0.4 is 10.6 Å². The average Bonchev–Trinajstić information content (AvgIpc) is 3.07. The normalized spacial score (nSPS) is 10.3. The topological polar surface area (TPSA) is 81.7 Å². The number of nitrogens with one attached hydrogen (secondary N) is 2. The summed E-state index contributed by atoms with van der Waals surface area (Å²) in [5.41, 5.74) is 0.696. The van der Waals surface area contributed by atoms with Gasteiger partial charge in [0.05, 0.1) is 16.5 Å². The van der Waals surface area contributed by atoms with Gasteiger partial charge in [-0.2, -0.15) is 0 Å². The predicted molar refractivity (Wildman–Crippen MR) is 101 cm³/mol. The second-order valence-corrected chi connectivity index (χ2v) is 6.56. The van der Waals surface area contributed by atoms with Gasteiger partial charge in [-0.05, 0) is 30.7 Å². The molecule has 0 aliphatic rings. The minimum atomic E-state index is -0.356. The SMILES string of the molecule is CCCCN(CCO)C(=O)c1ccc(NC(=O)Nc2ccccc2)s1. The number of hydrogen-bond donors (Lipinski definition) is 3. The van der Waals surface area contributed by atoms with Crippen LogP contribution in [0, 0.1) is 0 Å². The fourth-order valence-electron chi connectivity index (χ4n) is 2.26. The van der Waals surface area contributed by atoms with Crippen LogP contribution in [0.2, 0.25) is 0 Å². The van der Waals surface area contributed by atoms with Crippen molar-refractivity contribution < 1.29 is 14.7 Å². The zero-order valence-corrected chi connectivity index (χ0v) is 15.0. The van der Waals surface area contributed by atoms with Crippen molar-refractivity contribution in [1.82, 2.24) is 4.90 Å². The number of hydrogen-bond acceptors (Lipinski definition) is 4. The van der Waals surface area contributed by atoms with Crippen LogP contribution in [0.3, 0.4) is 0 Å². The summed E-state index contributed by atoms with van der Waals surface area (Å²) in [6.45, 7) is 2.92. The van der Waals surface area contributed by atoms with E-state index in [9.17, 15) is 9.59 Å². The van der Waals surface area contributed by atoms with Gasteiger partial charge in [0.25, 0.3) is 5.91 Å². The molecule has 0 unspecified atom stereocenters. The summed E-state index contributed by atoms with van der Waals surface area (Å²) in [6, 6.07) is 12.2. The highest BCUT2D eigenvalue weighted by atomic mass is 32.1. The number of nitrogens with zero attached hydrogens (tertiary/aromatic N) is 1. The summed E-state index contributed by atoms with van der Waals surface area (Å²) in [4.78, 5) is 26.7. The van der Waals surface area contributed by atoms with Crippen molar-refractivity contribution in [2.24, 2.45) is 0 Å². The molecule has 1 heterocycles. The Bertz CT molecular complexity index is 688. The van der Waals surface area contributed by atoms with E-state index in [1.54, 1.807) is 29.2 Å². The van der Waals surface area contributed by atoms with Gasteiger partial charge in [-0.3, -0.25) is 10.1 Å². The summed E-state index contributed by atoms with van der Waals surface area (Å²) in [6.07, 6.45) is 1.87. The van der Waals surface area contributed by atoms with E-state index in [2.05, 4.69) is 17.6 Å². The zero-order valence-electron chi connectivity index (χ0n) is 14.2. The van der Waals surface area contributed by atoms with E-state index in [0.29, 0.717) is 28.7 Å². The molecule has 3 N–H and O–H groups in total. The average molecular weight is 361 g/mol. The van der Waals surface area contributed by atoms with Crippen molar-refractivity contribution in [3.63, 3.8) is 0 Å². The summed E-state index contributed by atoms with van der Waals surface area (Å²) in [5.74, 6) is -0.121. The summed E-state index contributed by atoms with van der Waals surface area (Å²) in [5, 5.41) is 15.2. The van der Waals surface area contributed by atoms with E-state index in [4.69, 9.17) is 5.11 Å². The number of anilines is 2. The smallest absolute Gasteiger partial charge is 0.324 e. The fraction of sp³-hybridized carbons (Fsp3) is 0.333. The first kappa shape index (κ1) is 19.0. The molecule has 0 fully saturated rings. The molecule has 2 aromatic rings. The number of rotatable bonds is 8. The number of thiophene rings is 1. The second kappa shape index (κ2) is 9.80. The Hall–Kier alpha value is -2.38. The van der Waals surface area contributed by atoms with E-state index in [1.165, 1.54) is 11.3 Å². The van der Waals surface area contributed by atoms with E-state index in [1.807, 2.05) is 18.2 Å². The molecule has 0 aliphatic carbocycles. The number of urea groups is 1. The molecular formula is C18H23N3O3S. The highest BCUT2D eigenvalue weighted by Gasteiger charge is 2.17. The van der Waals surface area contributed by atoms with Crippen LogP contribution in [0.4, 0.5) is 15.5 Å². The van der Waals surface area contributed by atoms with E-state index in [-0.39, 0.29) is 18.5 Å². The highest BCUT2D eigenvalue weighted by molar-refractivity contribution is 7.18. The number of aliphatic hydroxyl groups excluding tert-OH is 1. The fourth-order valence-corrected chi connectivity index (χ4v) is 3.13. The predicted octanol–water partition coefficient (Wildman–Crippen LogP) is 3.63. The van der Waals surface area contributed by atoms with E-state index < -0.39 is 0 Å². The monoisotopic (exact) mass is 361 g/mol. The molecule has 1 aromatic heterocycles. The van der Waals surface area contributed by atoms with Gasteiger partial charge in [-0.25, -0.2) is 4.79 Å². The number of aliphatic hydroxyl groups is 1. The number of amides is 3. The third-order valence-electron chi connectivity index (χ3n) is 3.52. The molecule has 0 saturated heterocycles. The number of carbonyl (C=O) groups is 2. The number of benzene rings is 1. The quantitative estimate of drug-likeness (QED) is 0.671. The molecule has 25 heavy (non-hydrogen) atoms. The summed E-state index contributed by atoms with van der Waals surface area (Å²) < 4.78 is 0. The Balaban J connectivity index is 1.96. The van der Waals surface area contributed by atoms with Gasteiger partial charge < -0.3 is 15.3 Å². The van der Waals surface area contributed by atoms with Crippen LogP contribution in [0.5, 0.6) is 0 Å². The third kappa shape index (κ3) is 5.88. The van der Waals surface area contributed by atoms with Crippen LogP contribution in [0.15, 0.2) is 42.5 Å². The first-order valence-corrected chi connectivity index (χ1v) is 9.08. The second-order valence-electron chi connectivity index (χ2n) is 5.48. The third-order valence-corrected chi connectivity index (χ3v) is 4.51. The number of carbonyl (C=O) groups excluding carboxylic acids is 2. The minimum Gasteiger partial charge on any atom is -0.395 e. The van der Waals surface area contributed by atoms with Gasteiger partial charge in [-0.15, -0.1) is 11.3 Å². The van der Waals surface area contributed by atoms with Gasteiger partial charge in [0.1, 0.15) is 0 Å². The highest BCUT2D eigenvalue weighted by Crippen LogP contribution is 2.23. The molecule has 6 nitrogen and oxygen atoms in total. The van der Waals surface area contributed by atoms with Gasteiger partial charge in [0.15, 0.2) is 0 Å². The van der Waals surface area contributed by atoms with Gasteiger partial charge >= 0.3 is 6.03 Å². The van der Waals surface area contributed by atoms with Crippen molar-refractivity contribution >= 4 is 34.0 Å². The van der Waals surface area contributed by atoms with Gasteiger partial charge in [0, 0.05) is 18.8 Å². The van der Waals surface area contributed by atoms with Crippen LogP contribution in [-0.4, -0.2) is 41.6 Å². The minimum absolute atomic E-state index is 0.0641. The van der Waals surface area contributed by atoms with Crippen LogP contribution in [-0.2, 0) is 0 Å². The lowest BCUT2D eigenvalue weighted by Crippen LogP contribution is -2.33. The Morgan fingerprint density at radius 2 is 1.84 bits per heavy atom. The Kier molecular flexibility index (Phi) is 7.43. The van der Waals surface area contributed by atoms with Gasteiger partial charge in [0.2, 0.25) is 0 Å². The lowest BCUT2D eigenvalue weighted by atomic mass is 10.3. The van der Waals surface area contributed by atoms with Crippen LogP contribution >= 0.6 is 11.3 Å². The lowest BCUT2D eigenvalue weighted by Gasteiger charge is -2.20.